The van der Waals surface area contributed by atoms with Crippen molar-refractivity contribution in [2.24, 2.45) is 0 Å². The van der Waals surface area contributed by atoms with Gasteiger partial charge in [0.15, 0.2) is 5.76 Å². The van der Waals surface area contributed by atoms with E-state index >= 15 is 0 Å². The van der Waals surface area contributed by atoms with Gasteiger partial charge < -0.3 is 14.2 Å². The molecule has 0 aliphatic heterocycles. The monoisotopic (exact) mass is 320 g/mol. The lowest BCUT2D eigenvalue weighted by molar-refractivity contribution is -0.126. The Labute approximate surface area is 136 Å². The molecule has 0 fully saturated rings. The summed E-state index contributed by atoms with van der Waals surface area (Å²) in [4.78, 5) is 14.2. The average Bonchev–Trinajstić information content (AvgIpc) is 3.16. The van der Waals surface area contributed by atoms with E-state index in [1.54, 1.807) is 18.4 Å². The van der Waals surface area contributed by atoms with Crippen LogP contribution in [0.5, 0.6) is 0 Å². The molecule has 0 saturated heterocycles. The summed E-state index contributed by atoms with van der Waals surface area (Å²) in [5, 5.41) is 11.0. The zero-order chi connectivity index (χ0) is 16.8. The van der Waals surface area contributed by atoms with Gasteiger partial charge in [-0.1, -0.05) is 6.92 Å². The van der Waals surface area contributed by atoms with E-state index in [9.17, 15) is 4.79 Å². The summed E-state index contributed by atoms with van der Waals surface area (Å²) in [6, 6.07) is 3.37. The van der Waals surface area contributed by atoms with Crippen molar-refractivity contribution in [1.82, 2.24) is 20.4 Å². The van der Waals surface area contributed by atoms with Gasteiger partial charge in [-0.05, 0) is 45.9 Å². The Kier molecular flexibility index (Phi) is 5.92. The minimum atomic E-state index is -0.267. The van der Waals surface area contributed by atoms with Crippen LogP contribution in [-0.2, 0) is 11.3 Å². The molecule has 2 heterocycles. The first-order chi connectivity index (χ1) is 11.0. The van der Waals surface area contributed by atoms with Gasteiger partial charge in [-0.15, -0.1) is 10.2 Å². The zero-order valence-corrected chi connectivity index (χ0v) is 14.1. The summed E-state index contributed by atoms with van der Waals surface area (Å²) in [5.74, 6) is 1.35. The van der Waals surface area contributed by atoms with Crippen molar-refractivity contribution >= 4 is 5.91 Å². The summed E-state index contributed by atoms with van der Waals surface area (Å²) >= 11 is 0. The van der Waals surface area contributed by atoms with E-state index < -0.39 is 0 Å². The second kappa shape index (κ2) is 7.92. The topological polar surface area (TPSA) is 84.4 Å². The molecule has 2 rings (SSSR count). The Morgan fingerprint density at radius 1 is 1.35 bits per heavy atom. The minimum absolute atomic E-state index is 0.000719. The number of furan rings is 1. The zero-order valence-electron chi connectivity index (χ0n) is 14.1. The number of aromatic nitrogens is 2. The first-order valence-corrected chi connectivity index (χ1v) is 7.92. The maximum Gasteiger partial charge on any atom is 0.283 e. The number of amides is 1. The molecule has 1 N–H and O–H groups in total. The normalized spacial score (nSPS) is 12.8. The third-order valence-electron chi connectivity index (χ3n) is 3.41. The Hall–Kier alpha value is -2.15. The molecular weight excluding hydrogens is 296 g/mol. The van der Waals surface area contributed by atoms with Crippen molar-refractivity contribution in [3.63, 3.8) is 0 Å². The van der Waals surface area contributed by atoms with Gasteiger partial charge in [0.1, 0.15) is 0 Å². The van der Waals surface area contributed by atoms with Crippen LogP contribution < -0.4 is 5.32 Å². The molecule has 0 saturated carbocycles. The van der Waals surface area contributed by atoms with Gasteiger partial charge in [-0.2, -0.15) is 0 Å². The molecule has 2 aromatic heterocycles. The third-order valence-corrected chi connectivity index (χ3v) is 3.41. The highest BCUT2D eigenvalue weighted by atomic mass is 16.4. The first kappa shape index (κ1) is 17.2. The molecule has 0 spiro atoms. The quantitative estimate of drug-likeness (QED) is 0.804. The Bertz CT molecular complexity index is 607. The molecule has 1 atom stereocenters. The fourth-order valence-electron chi connectivity index (χ4n) is 2.26. The maximum absolute atomic E-state index is 12.2. The molecule has 126 valence electrons. The van der Waals surface area contributed by atoms with E-state index in [4.69, 9.17) is 8.83 Å². The average molecular weight is 320 g/mol. The van der Waals surface area contributed by atoms with E-state index in [0.29, 0.717) is 24.1 Å². The largest absolute Gasteiger partial charge is 0.459 e. The van der Waals surface area contributed by atoms with Crippen LogP contribution in [0.4, 0.5) is 0 Å². The highest BCUT2D eigenvalue weighted by molar-refractivity contribution is 5.81. The van der Waals surface area contributed by atoms with Crippen molar-refractivity contribution in [2.75, 3.05) is 6.54 Å². The van der Waals surface area contributed by atoms with Gasteiger partial charge in [0.25, 0.3) is 5.89 Å². The number of hydrogen-bond acceptors (Lipinski definition) is 6. The first-order valence-electron chi connectivity index (χ1n) is 7.92. The second-order valence-corrected chi connectivity index (χ2v) is 5.79. The molecular formula is C16H24N4O3. The Morgan fingerprint density at radius 2 is 2.13 bits per heavy atom. The molecule has 7 nitrogen and oxygen atoms in total. The smallest absolute Gasteiger partial charge is 0.283 e. The number of hydrogen-bond donors (Lipinski definition) is 1. The molecule has 2 aromatic rings. The lowest BCUT2D eigenvalue weighted by Gasteiger charge is -2.27. The molecule has 0 radical (unpaired) electrons. The van der Waals surface area contributed by atoms with Crippen LogP contribution in [0.2, 0.25) is 0 Å². The molecule has 0 aliphatic rings. The van der Waals surface area contributed by atoms with Crippen LogP contribution in [0.3, 0.4) is 0 Å². The molecule has 0 aliphatic carbocycles. The van der Waals surface area contributed by atoms with Gasteiger partial charge in [0.2, 0.25) is 11.8 Å². The fourth-order valence-corrected chi connectivity index (χ4v) is 2.26. The van der Waals surface area contributed by atoms with Crippen LogP contribution in [0.1, 0.15) is 40.0 Å². The van der Waals surface area contributed by atoms with Gasteiger partial charge >= 0.3 is 0 Å². The predicted octanol–water partition coefficient (Wildman–Crippen LogP) is 2.45. The van der Waals surface area contributed by atoms with Crippen LogP contribution in [-0.4, -0.2) is 39.6 Å². The lowest BCUT2D eigenvalue weighted by atomic mass is 10.2. The van der Waals surface area contributed by atoms with E-state index in [2.05, 4.69) is 22.4 Å². The van der Waals surface area contributed by atoms with Crippen LogP contribution in [0, 0.1) is 0 Å². The van der Waals surface area contributed by atoms with Crippen molar-refractivity contribution in [3.8, 4) is 11.7 Å². The number of rotatable bonds is 8. The number of carbonyl (C=O) groups excluding carboxylic acids is 1. The highest BCUT2D eigenvalue weighted by Gasteiger charge is 2.23. The van der Waals surface area contributed by atoms with Crippen LogP contribution >= 0.6 is 0 Å². The van der Waals surface area contributed by atoms with Crippen molar-refractivity contribution in [2.45, 2.75) is 52.7 Å². The van der Waals surface area contributed by atoms with E-state index in [-0.39, 0.29) is 18.0 Å². The molecule has 0 unspecified atom stereocenters. The van der Waals surface area contributed by atoms with Crippen LogP contribution in [0.25, 0.3) is 11.7 Å². The molecule has 23 heavy (non-hydrogen) atoms. The summed E-state index contributed by atoms with van der Waals surface area (Å²) in [6.07, 6.45) is 2.49. The van der Waals surface area contributed by atoms with E-state index in [1.807, 2.05) is 25.7 Å². The summed E-state index contributed by atoms with van der Waals surface area (Å²) in [6.45, 7) is 9.05. The molecule has 7 heteroatoms. The number of carbonyl (C=O) groups is 1. The Morgan fingerprint density at radius 3 is 2.74 bits per heavy atom. The summed E-state index contributed by atoms with van der Waals surface area (Å²) in [5.41, 5.74) is 0. The van der Waals surface area contributed by atoms with Gasteiger partial charge in [-0.25, -0.2) is 0 Å². The molecule has 1 amide bonds. The van der Waals surface area contributed by atoms with E-state index in [1.165, 1.54) is 0 Å². The maximum atomic E-state index is 12.2. The highest BCUT2D eigenvalue weighted by Crippen LogP contribution is 2.19. The van der Waals surface area contributed by atoms with Crippen LogP contribution in [0.15, 0.2) is 27.2 Å². The molecule has 0 aromatic carbocycles. The minimum Gasteiger partial charge on any atom is -0.459 e. The summed E-state index contributed by atoms with van der Waals surface area (Å²) in [7, 11) is 0. The third kappa shape index (κ3) is 4.66. The number of nitrogens with zero attached hydrogens (tertiary/aromatic N) is 3. The second-order valence-electron chi connectivity index (χ2n) is 5.79. The standard InChI is InChI=1S/C16H24N4O3/c1-5-8-20(12(4)15(21)17-11(2)3)10-14-18-19-16(23-14)13-7-6-9-22-13/h6-7,9,11-12H,5,8,10H2,1-4H3,(H,17,21)/t12-/m1/s1. The SMILES string of the molecule is CCCN(Cc1nnc(-c2ccco2)o1)[C@H](C)C(=O)NC(C)C. The molecule has 0 bridgehead atoms. The van der Waals surface area contributed by atoms with Crippen molar-refractivity contribution in [1.29, 1.82) is 0 Å². The fraction of sp³-hybridized carbons (Fsp3) is 0.562. The summed E-state index contributed by atoms with van der Waals surface area (Å²) < 4.78 is 10.9. The lowest BCUT2D eigenvalue weighted by Crippen LogP contribution is -2.47. The van der Waals surface area contributed by atoms with Gasteiger partial charge in [-0.3, -0.25) is 9.69 Å². The van der Waals surface area contributed by atoms with Gasteiger partial charge in [0, 0.05) is 6.04 Å². The number of nitrogens with one attached hydrogen (secondary N) is 1. The van der Waals surface area contributed by atoms with Gasteiger partial charge in [0.05, 0.1) is 18.8 Å². The Balaban J connectivity index is 2.05. The van der Waals surface area contributed by atoms with Crippen molar-refractivity contribution in [3.05, 3.63) is 24.3 Å². The van der Waals surface area contributed by atoms with Crippen molar-refractivity contribution < 1.29 is 13.6 Å². The predicted molar refractivity (Wildman–Crippen MR) is 85.4 cm³/mol. The van der Waals surface area contributed by atoms with E-state index in [0.717, 1.165) is 13.0 Å².